The van der Waals surface area contributed by atoms with Crippen molar-refractivity contribution in [2.24, 2.45) is 11.7 Å². The van der Waals surface area contributed by atoms with Crippen molar-refractivity contribution in [2.45, 2.75) is 18.9 Å². The standard InChI is InChI=1S/C19H22FN3O2S/c20-15-5-3-13(4-6-15)18(16-2-1-11-26-16)22-17(24)12-23-9-7-14(8-10-23)19(21)25/h1-6,11,14,18H,7-10,12H2,(H2,21,25)(H,22,24). The van der Waals surface area contributed by atoms with E-state index in [4.69, 9.17) is 5.73 Å². The maximum Gasteiger partial charge on any atom is 0.234 e. The van der Waals surface area contributed by atoms with Crippen LogP contribution in [0.15, 0.2) is 41.8 Å². The lowest BCUT2D eigenvalue weighted by molar-refractivity contribution is -0.124. The Balaban J connectivity index is 1.63. The van der Waals surface area contributed by atoms with Crippen molar-refractivity contribution in [2.75, 3.05) is 19.6 Å². The number of hydrogen-bond acceptors (Lipinski definition) is 4. The number of piperidine rings is 1. The van der Waals surface area contributed by atoms with E-state index < -0.39 is 0 Å². The molecule has 0 saturated carbocycles. The zero-order valence-corrected chi connectivity index (χ0v) is 15.2. The molecule has 1 atom stereocenters. The molecule has 1 aliphatic rings. The third-order valence-corrected chi connectivity index (χ3v) is 5.63. The number of primary amides is 1. The summed E-state index contributed by atoms with van der Waals surface area (Å²) >= 11 is 1.55. The Kier molecular flexibility index (Phi) is 6.00. The number of likely N-dealkylation sites (tertiary alicyclic amines) is 1. The quantitative estimate of drug-likeness (QED) is 0.813. The molecule has 138 valence electrons. The first-order valence-electron chi connectivity index (χ1n) is 8.63. The summed E-state index contributed by atoms with van der Waals surface area (Å²) in [6.07, 6.45) is 1.38. The molecule has 5 nitrogen and oxygen atoms in total. The number of benzene rings is 1. The molecule has 2 heterocycles. The van der Waals surface area contributed by atoms with Gasteiger partial charge in [0.15, 0.2) is 0 Å². The molecule has 2 aromatic rings. The van der Waals surface area contributed by atoms with E-state index >= 15 is 0 Å². The molecular weight excluding hydrogens is 353 g/mol. The molecule has 7 heteroatoms. The average Bonchev–Trinajstić information content (AvgIpc) is 3.15. The first-order valence-corrected chi connectivity index (χ1v) is 9.51. The van der Waals surface area contributed by atoms with E-state index in [1.165, 1.54) is 12.1 Å². The summed E-state index contributed by atoms with van der Waals surface area (Å²) in [6.45, 7) is 1.64. The van der Waals surface area contributed by atoms with Crippen LogP contribution < -0.4 is 11.1 Å². The summed E-state index contributed by atoms with van der Waals surface area (Å²) < 4.78 is 13.2. The molecule has 1 fully saturated rings. The zero-order chi connectivity index (χ0) is 18.5. The molecule has 1 aromatic carbocycles. The van der Waals surface area contributed by atoms with E-state index in [-0.39, 0.29) is 36.1 Å². The van der Waals surface area contributed by atoms with Gasteiger partial charge < -0.3 is 11.1 Å². The lowest BCUT2D eigenvalue weighted by Crippen LogP contribution is -2.44. The Labute approximate surface area is 156 Å². The van der Waals surface area contributed by atoms with Crippen LogP contribution in [0, 0.1) is 11.7 Å². The number of nitrogens with zero attached hydrogens (tertiary/aromatic N) is 1. The predicted molar refractivity (Wildman–Crippen MR) is 99.1 cm³/mol. The first-order chi connectivity index (χ1) is 12.5. The fraction of sp³-hybridized carbons (Fsp3) is 0.368. The van der Waals surface area contributed by atoms with Gasteiger partial charge in [0.2, 0.25) is 11.8 Å². The Morgan fingerprint density at radius 3 is 2.50 bits per heavy atom. The number of nitrogens with two attached hydrogens (primary N) is 1. The van der Waals surface area contributed by atoms with Gasteiger partial charge >= 0.3 is 0 Å². The number of nitrogens with one attached hydrogen (secondary N) is 1. The van der Waals surface area contributed by atoms with Crippen molar-refractivity contribution in [3.63, 3.8) is 0 Å². The van der Waals surface area contributed by atoms with Crippen molar-refractivity contribution in [3.05, 3.63) is 58.0 Å². The number of carbonyl (C=O) groups is 2. The number of amides is 2. The summed E-state index contributed by atoms with van der Waals surface area (Å²) in [5.41, 5.74) is 6.19. The molecular formula is C19H22FN3O2S. The van der Waals surface area contributed by atoms with Crippen molar-refractivity contribution in [1.29, 1.82) is 0 Å². The van der Waals surface area contributed by atoms with E-state index in [1.54, 1.807) is 23.5 Å². The molecule has 0 aliphatic carbocycles. The molecule has 0 bridgehead atoms. The third-order valence-electron chi connectivity index (χ3n) is 4.69. The highest BCUT2D eigenvalue weighted by Gasteiger charge is 2.25. The molecule has 26 heavy (non-hydrogen) atoms. The second kappa shape index (κ2) is 8.42. The maximum absolute atomic E-state index is 13.2. The second-order valence-electron chi connectivity index (χ2n) is 6.52. The van der Waals surface area contributed by atoms with Gasteiger partial charge in [-0.2, -0.15) is 0 Å². The molecule has 1 aromatic heterocycles. The molecule has 1 aliphatic heterocycles. The highest BCUT2D eigenvalue weighted by atomic mass is 32.1. The molecule has 0 spiro atoms. The minimum Gasteiger partial charge on any atom is -0.369 e. The van der Waals surface area contributed by atoms with E-state index in [1.807, 2.05) is 22.4 Å². The van der Waals surface area contributed by atoms with Crippen LogP contribution in [0.1, 0.15) is 29.3 Å². The van der Waals surface area contributed by atoms with Crippen molar-refractivity contribution in [1.82, 2.24) is 10.2 Å². The lowest BCUT2D eigenvalue weighted by atomic mass is 9.96. The number of thiophene rings is 1. The van der Waals surface area contributed by atoms with Crippen LogP contribution in [-0.2, 0) is 9.59 Å². The number of halogens is 1. The number of hydrogen-bond donors (Lipinski definition) is 2. The summed E-state index contributed by atoms with van der Waals surface area (Å²) in [4.78, 5) is 26.8. The summed E-state index contributed by atoms with van der Waals surface area (Å²) in [5, 5.41) is 5.00. The smallest absolute Gasteiger partial charge is 0.234 e. The van der Waals surface area contributed by atoms with Crippen LogP contribution in [0.4, 0.5) is 4.39 Å². The minimum absolute atomic E-state index is 0.0904. The molecule has 2 amide bonds. The average molecular weight is 375 g/mol. The fourth-order valence-corrected chi connectivity index (χ4v) is 4.02. The fourth-order valence-electron chi connectivity index (χ4n) is 3.21. The van der Waals surface area contributed by atoms with Gasteiger partial charge in [-0.15, -0.1) is 11.3 Å². The Morgan fingerprint density at radius 1 is 1.23 bits per heavy atom. The molecule has 3 rings (SSSR count). The number of rotatable bonds is 6. The van der Waals surface area contributed by atoms with Gasteiger partial charge in [-0.1, -0.05) is 18.2 Å². The zero-order valence-electron chi connectivity index (χ0n) is 14.4. The van der Waals surface area contributed by atoms with E-state index in [0.717, 1.165) is 10.4 Å². The van der Waals surface area contributed by atoms with Crippen molar-refractivity contribution < 1.29 is 14.0 Å². The molecule has 1 unspecified atom stereocenters. The van der Waals surface area contributed by atoms with Gasteiger partial charge in [0.05, 0.1) is 12.6 Å². The lowest BCUT2D eigenvalue weighted by Gasteiger charge is -2.30. The van der Waals surface area contributed by atoms with Gasteiger partial charge in [-0.05, 0) is 55.1 Å². The highest BCUT2D eigenvalue weighted by Crippen LogP contribution is 2.26. The van der Waals surface area contributed by atoms with Crippen molar-refractivity contribution >= 4 is 23.2 Å². The normalized spacial score (nSPS) is 17.0. The van der Waals surface area contributed by atoms with Gasteiger partial charge in [0, 0.05) is 10.8 Å². The first kappa shape index (κ1) is 18.5. The Bertz CT molecular complexity index is 741. The van der Waals surface area contributed by atoms with E-state index in [2.05, 4.69) is 5.32 Å². The summed E-state index contributed by atoms with van der Waals surface area (Å²) in [5.74, 6) is -0.747. The molecule has 1 saturated heterocycles. The van der Waals surface area contributed by atoms with Gasteiger partial charge in [0.25, 0.3) is 0 Å². The highest BCUT2D eigenvalue weighted by molar-refractivity contribution is 7.10. The summed E-state index contributed by atoms with van der Waals surface area (Å²) in [7, 11) is 0. The maximum atomic E-state index is 13.2. The van der Waals surface area contributed by atoms with Crippen LogP contribution in [0.25, 0.3) is 0 Å². The third kappa shape index (κ3) is 4.68. The van der Waals surface area contributed by atoms with Crippen LogP contribution in [0.5, 0.6) is 0 Å². The Morgan fingerprint density at radius 2 is 1.92 bits per heavy atom. The van der Waals surface area contributed by atoms with Gasteiger partial charge in [-0.25, -0.2) is 4.39 Å². The van der Waals surface area contributed by atoms with Gasteiger partial charge in [0.1, 0.15) is 5.82 Å². The SMILES string of the molecule is NC(=O)C1CCN(CC(=O)NC(c2ccc(F)cc2)c2cccs2)CC1. The van der Waals surface area contributed by atoms with E-state index in [9.17, 15) is 14.0 Å². The van der Waals surface area contributed by atoms with Crippen LogP contribution in [0.2, 0.25) is 0 Å². The van der Waals surface area contributed by atoms with Gasteiger partial charge in [-0.3, -0.25) is 14.5 Å². The minimum atomic E-state index is -0.303. The second-order valence-corrected chi connectivity index (χ2v) is 7.50. The van der Waals surface area contributed by atoms with Crippen LogP contribution in [0.3, 0.4) is 0 Å². The molecule has 0 radical (unpaired) electrons. The van der Waals surface area contributed by atoms with E-state index in [0.29, 0.717) is 25.9 Å². The summed E-state index contributed by atoms with van der Waals surface area (Å²) in [6, 6.07) is 9.77. The predicted octanol–water partition coefficient (Wildman–Crippen LogP) is 2.29. The van der Waals surface area contributed by atoms with Crippen LogP contribution in [-0.4, -0.2) is 36.3 Å². The molecule has 3 N–H and O–H groups in total. The Hall–Kier alpha value is -2.25. The number of carbonyl (C=O) groups excluding carboxylic acids is 2. The van der Waals surface area contributed by atoms with Crippen molar-refractivity contribution in [3.8, 4) is 0 Å². The van der Waals surface area contributed by atoms with Crippen LogP contribution >= 0.6 is 11.3 Å². The topological polar surface area (TPSA) is 75.4 Å². The monoisotopic (exact) mass is 375 g/mol. The largest absolute Gasteiger partial charge is 0.369 e.